The van der Waals surface area contributed by atoms with Crippen molar-refractivity contribution in [2.45, 2.75) is 30.6 Å². The van der Waals surface area contributed by atoms with Gasteiger partial charge >= 0.3 is 6.03 Å². The van der Waals surface area contributed by atoms with Crippen molar-refractivity contribution in [2.75, 3.05) is 19.6 Å². The quantitative estimate of drug-likeness (QED) is 0.675. The largest absolute Gasteiger partial charge is 0.329 e. The minimum Gasteiger partial charge on any atom is -0.329 e. The van der Waals surface area contributed by atoms with Crippen LogP contribution in [0.4, 0.5) is 4.79 Å². The van der Waals surface area contributed by atoms with E-state index in [9.17, 15) is 18.0 Å². The number of urea groups is 1. The Morgan fingerprint density at radius 2 is 1.89 bits per heavy atom. The van der Waals surface area contributed by atoms with Crippen LogP contribution < -0.4 is 5.32 Å². The number of rotatable bonds is 3. The Kier molecular flexibility index (Phi) is 2.60. The molecule has 1 aliphatic carbocycles. The molecule has 1 unspecified atom stereocenters. The topological polar surface area (TPSA) is 86.8 Å². The molecule has 0 aromatic rings. The van der Waals surface area contributed by atoms with Crippen molar-refractivity contribution in [3.05, 3.63) is 0 Å². The predicted molar refractivity (Wildman–Crippen MR) is 62.2 cm³/mol. The van der Waals surface area contributed by atoms with Crippen molar-refractivity contribution >= 4 is 22.0 Å². The average molecular weight is 273 g/mol. The highest BCUT2D eigenvalue weighted by atomic mass is 32.2. The first-order valence-electron chi connectivity index (χ1n) is 6.09. The molecule has 100 valence electrons. The van der Waals surface area contributed by atoms with Crippen LogP contribution in [0.25, 0.3) is 0 Å². The smallest absolute Gasteiger partial charge is 0.324 e. The van der Waals surface area contributed by atoms with E-state index in [1.807, 2.05) is 0 Å². The van der Waals surface area contributed by atoms with E-state index in [4.69, 9.17) is 0 Å². The van der Waals surface area contributed by atoms with E-state index in [1.165, 1.54) is 9.21 Å². The molecule has 0 radical (unpaired) electrons. The number of hydrogen-bond donors (Lipinski definition) is 1. The summed E-state index contributed by atoms with van der Waals surface area (Å²) in [6.07, 6.45) is 1.99. The van der Waals surface area contributed by atoms with Crippen LogP contribution in [0.1, 0.15) is 19.3 Å². The highest BCUT2D eigenvalue weighted by Crippen LogP contribution is 2.33. The van der Waals surface area contributed by atoms with Crippen LogP contribution in [0, 0.1) is 0 Å². The van der Waals surface area contributed by atoms with Crippen LogP contribution in [0.15, 0.2) is 0 Å². The molecule has 1 saturated carbocycles. The second-order valence-electron chi connectivity index (χ2n) is 4.97. The molecule has 3 fully saturated rings. The van der Waals surface area contributed by atoms with Crippen LogP contribution in [0.5, 0.6) is 0 Å². The van der Waals surface area contributed by atoms with Crippen LogP contribution in [0.3, 0.4) is 0 Å². The molecule has 0 bridgehead atoms. The first kappa shape index (κ1) is 11.9. The highest BCUT2D eigenvalue weighted by Gasteiger charge is 2.46. The van der Waals surface area contributed by atoms with E-state index in [2.05, 4.69) is 5.32 Å². The summed E-state index contributed by atoms with van der Waals surface area (Å²) in [6.45, 7) is 0.670. The van der Waals surface area contributed by atoms with Crippen molar-refractivity contribution in [3.8, 4) is 0 Å². The molecule has 7 nitrogen and oxygen atoms in total. The number of carbonyl (C=O) groups is 2. The lowest BCUT2D eigenvalue weighted by Gasteiger charge is -2.21. The van der Waals surface area contributed by atoms with Crippen molar-refractivity contribution < 1.29 is 18.0 Å². The van der Waals surface area contributed by atoms with Gasteiger partial charge in [-0.15, -0.1) is 0 Å². The number of amides is 3. The molecule has 3 rings (SSSR count). The summed E-state index contributed by atoms with van der Waals surface area (Å²) in [5.41, 5.74) is 0. The maximum Gasteiger partial charge on any atom is 0.324 e. The first-order chi connectivity index (χ1) is 8.50. The summed E-state index contributed by atoms with van der Waals surface area (Å²) in [7, 11) is -3.20. The molecule has 0 aromatic heterocycles. The summed E-state index contributed by atoms with van der Waals surface area (Å²) < 4.78 is 25.5. The lowest BCUT2D eigenvalue weighted by atomic mass is 10.2. The molecule has 2 aliphatic heterocycles. The minimum absolute atomic E-state index is 0.0186. The van der Waals surface area contributed by atoms with Gasteiger partial charge in [-0.3, -0.25) is 9.69 Å². The monoisotopic (exact) mass is 273 g/mol. The molecular formula is C10H15N3O4S. The van der Waals surface area contributed by atoms with E-state index in [0.29, 0.717) is 13.0 Å². The lowest BCUT2D eigenvalue weighted by Crippen LogP contribution is -2.43. The van der Waals surface area contributed by atoms with E-state index in [1.54, 1.807) is 0 Å². The van der Waals surface area contributed by atoms with Crippen LogP contribution in [0.2, 0.25) is 0 Å². The maximum absolute atomic E-state index is 12.0. The number of nitrogens with zero attached hydrogens (tertiary/aromatic N) is 2. The van der Waals surface area contributed by atoms with Gasteiger partial charge in [0.05, 0.1) is 17.8 Å². The van der Waals surface area contributed by atoms with Crippen molar-refractivity contribution in [2.24, 2.45) is 0 Å². The van der Waals surface area contributed by atoms with Gasteiger partial charge in [0.1, 0.15) is 0 Å². The van der Waals surface area contributed by atoms with E-state index in [0.717, 1.165) is 12.8 Å². The Hall–Kier alpha value is -1.15. The first-order valence-corrected chi connectivity index (χ1v) is 7.59. The molecule has 3 aliphatic rings. The fraction of sp³-hybridized carbons (Fsp3) is 0.800. The van der Waals surface area contributed by atoms with Gasteiger partial charge in [-0.1, -0.05) is 0 Å². The Morgan fingerprint density at radius 3 is 2.44 bits per heavy atom. The van der Waals surface area contributed by atoms with Gasteiger partial charge in [0.2, 0.25) is 15.9 Å². The zero-order valence-corrected chi connectivity index (χ0v) is 10.6. The normalized spacial score (nSPS) is 30.0. The second kappa shape index (κ2) is 3.92. The summed E-state index contributed by atoms with van der Waals surface area (Å²) >= 11 is 0. The van der Waals surface area contributed by atoms with Gasteiger partial charge in [-0.05, 0) is 19.3 Å². The zero-order chi connectivity index (χ0) is 12.9. The van der Waals surface area contributed by atoms with Crippen molar-refractivity contribution in [1.29, 1.82) is 0 Å². The molecule has 18 heavy (non-hydrogen) atoms. The summed E-state index contributed by atoms with van der Waals surface area (Å²) in [5.74, 6) is -0.268. The van der Waals surface area contributed by atoms with Crippen LogP contribution in [-0.2, 0) is 14.8 Å². The molecule has 3 amide bonds. The Bertz CT molecular complexity index is 483. The highest BCUT2D eigenvalue weighted by molar-refractivity contribution is 7.90. The standard InChI is InChI=1S/C10H15N3O4S/c14-9-5-11-10(15)13(9)7-3-4-12(6-7)18(16,17)8-1-2-8/h7-8H,1-6H2,(H,11,15). The minimum atomic E-state index is -3.20. The van der Waals surface area contributed by atoms with E-state index >= 15 is 0 Å². The predicted octanol–water partition coefficient (Wildman–Crippen LogP) is -0.895. The second-order valence-corrected chi connectivity index (χ2v) is 7.18. The van der Waals surface area contributed by atoms with Gasteiger partial charge in [0.25, 0.3) is 0 Å². The maximum atomic E-state index is 12.0. The Balaban J connectivity index is 1.72. The van der Waals surface area contributed by atoms with Gasteiger partial charge < -0.3 is 5.32 Å². The van der Waals surface area contributed by atoms with Gasteiger partial charge in [0.15, 0.2) is 0 Å². The number of nitrogens with one attached hydrogen (secondary N) is 1. The van der Waals surface area contributed by atoms with Gasteiger partial charge in [-0.2, -0.15) is 4.31 Å². The SMILES string of the molecule is O=C1CNC(=O)N1C1CCN(S(=O)(=O)C2CC2)C1. The number of carbonyl (C=O) groups excluding carboxylic acids is 2. The number of hydrogen-bond acceptors (Lipinski definition) is 4. The third-order valence-corrected chi connectivity index (χ3v) is 6.04. The molecule has 0 spiro atoms. The molecule has 2 heterocycles. The summed E-state index contributed by atoms with van der Waals surface area (Å²) in [5, 5.41) is 2.22. The summed E-state index contributed by atoms with van der Waals surface area (Å²) in [4.78, 5) is 24.2. The lowest BCUT2D eigenvalue weighted by molar-refractivity contribution is -0.126. The Labute approximate surface area is 105 Å². The fourth-order valence-electron chi connectivity index (χ4n) is 2.53. The third-order valence-electron chi connectivity index (χ3n) is 3.68. The van der Waals surface area contributed by atoms with Crippen LogP contribution >= 0.6 is 0 Å². The van der Waals surface area contributed by atoms with Crippen molar-refractivity contribution in [1.82, 2.24) is 14.5 Å². The van der Waals surface area contributed by atoms with E-state index in [-0.39, 0.29) is 30.3 Å². The summed E-state index contributed by atoms with van der Waals surface area (Å²) in [6, 6.07) is -0.718. The number of sulfonamides is 1. The Morgan fingerprint density at radius 1 is 1.17 bits per heavy atom. The van der Waals surface area contributed by atoms with Gasteiger partial charge in [-0.25, -0.2) is 13.2 Å². The molecule has 1 atom stereocenters. The average Bonchev–Trinajstić information content (AvgIpc) is 2.99. The van der Waals surface area contributed by atoms with Crippen LogP contribution in [-0.4, -0.2) is 60.5 Å². The van der Waals surface area contributed by atoms with E-state index < -0.39 is 16.1 Å². The molecule has 8 heteroatoms. The fourth-order valence-corrected chi connectivity index (χ4v) is 4.43. The molecular weight excluding hydrogens is 258 g/mol. The number of imide groups is 1. The molecule has 2 saturated heterocycles. The molecule has 1 N–H and O–H groups in total. The third kappa shape index (κ3) is 1.79. The van der Waals surface area contributed by atoms with Crippen molar-refractivity contribution in [3.63, 3.8) is 0 Å². The zero-order valence-electron chi connectivity index (χ0n) is 9.83. The van der Waals surface area contributed by atoms with Gasteiger partial charge in [0, 0.05) is 13.1 Å². The molecule has 0 aromatic carbocycles.